The molecule has 5 nitrogen and oxygen atoms in total. The minimum absolute atomic E-state index is 0.119. The van der Waals surface area contributed by atoms with E-state index in [4.69, 9.17) is 17.4 Å². The van der Waals surface area contributed by atoms with Gasteiger partial charge in [0, 0.05) is 44.8 Å². The van der Waals surface area contributed by atoms with Crippen LogP contribution in [0.5, 0.6) is 0 Å². The quantitative estimate of drug-likeness (QED) is 0.643. The van der Waals surface area contributed by atoms with Gasteiger partial charge < -0.3 is 14.7 Å². The first-order chi connectivity index (χ1) is 12.9. The smallest absolute Gasteiger partial charge is 0.0725 e. The Morgan fingerprint density at radius 1 is 0.926 bits per heavy atom. The second-order valence-corrected chi connectivity index (χ2v) is 9.90. The van der Waals surface area contributed by atoms with Gasteiger partial charge in [0.15, 0.2) is 0 Å². The van der Waals surface area contributed by atoms with Crippen molar-refractivity contribution < 1.29 is 9.84 Å². The van der Waals surface area contributed by atoms with Gasteiger partial charge >= 0.3 is 0 Å². The summed E-state index contributed by atoms with van der Waals surface area (Å²) in [6, 6.07) is 1.32. The largest absolute Gasteiger partial charge is 0.393 e. The number of rotatable bonds is 7. The summed E-state index contributed by atoms with van der Waals surface area (Å²) in [4.78, 5) is 7.67. The van der Waals surface area contributed by atoms with E-state index in [1.54, 1.807) is 0 Å². The number of hydrogen-bond acceptors (Lipinski definition) is 6. The Morgan fingerprint density at radius 2 is 1.63 bits per heavy atom. The highest BCUT2D eigenvalue weighted by atomic mass is 32.1. The van der Waals surface area contributed by atoms with E-state index >= 15 is 0 Å². The van der Waals surface area contributed by atoms with Crippen molar-refractivity contribution in [3.8, 4) is 0 Å². The molecule has 3 rings (SSSR count). The summed E-state index contributed by atoms with van der Waals surface area (Å²) in [5.74, 6) is 0.848. The van der Waals surface area contributed by atoms with Crippen LogP contribution in [0.2, 0.25) is 0 Å². The van der Waals surface area contributed by atoms with E-state index in [-0.39, 0.29) is 17.6 Å². The Balaban J connectivity index is 1.42. The van der Waals surface area contributed by atoms with Crippen LogP contribution in [0, 0.1) is 5.92 Å². The molecule has 158 valence electrons. The average Bonchev–Trinajstić information content (AvgIpc) is 3.11. The molecule has 3 aliphatic heterocycles. The van der Waals surface area contributed by atoms with Gasteiger partial charge in [-0.1, -0.05) is 0 Å². The number of thiol groups is 1. The van der Waals surface area contributed by atoms with Crippen LogP contribution in [0.3, 0.4) is 0 Å². The van der Waals surface area contributed by atoms with Crippen LogP contribution < -0.4 is 0 Å². The van der Waals surface area contributed by atoms with Gasteiger partial charge in [-0.15, -0.1) is 0 Å². The van der Waals surface area contributed by atoms with Crippen molar-refractivity contribution >= 4 is 12.6 Å². The molecular formula is C21H41N3O2S. The lowest BCUT2D eigenvalue weighted by molar-refractivity contribution is -0.0533. The summed E-state index contributed by atoms with van der Waals surface area (Å²) in [6.45, 7) is 14.4. The lowest BCUT2D eigenvalue weighted by atomic mass is 9.98. The zero-order valence-corrected chi connectivity index (χ0v) is 18.5. The van der Waals surface area contributed by atoms with E-state index in [2.05, 4.69) is 35.5 Å². The standard InChI is InChI=1S/C21H41N3O2S/c1-16(2)23-7-4-18(14-23)12-17(3)24-10-11-26-20(15-24)13-21(27)22-8-5-19(25)6-9-22/h16-21,25,27H,4-15H2,1-3H3. The summed E-state index contributed by atoms with van der Waals surface area (Å²) in [7, 11) is 0. The van der Waals surface area contributed by atoms with Crippen molar-refractivity contribution in [1.82, 2.24) is 14.7 Å². The highest BCUT2D eigenvalue weighted by Crippen LogP contribution is 2.26. The number of hydrogen-bond donors (Lipinski definition) is 2. The van der Waals surface area contributed by atoms with Crippen LogP contribution in [0.4, 0.5) is 0 Å². The summed E-state index contributed by atoms with van der Waals surface area (Å²) in [5.41, 5.74) is 0. The zero-order chi connectivity index (χ0) is 19.4. The molecule has 27 heavy (non-hydrogen) atoms. The van der Waals surface area contributed by atoms with E-state index in [0.717, 1.165) is 58.0 Å². The molecule has 4 unspecified atom stereocenters. The predicted octanol–water partition coefficient (Wildman–Crippen LogP) is 2.30. The molecule has 0 saturated carbocycles. The minimum Gasteiger partial charge on any atom is -0.393 e. The van der Waals surface area contributed by atoms with Gasteiger partial charge in [-0.25, -0.2) is 0 Å². The Bertz CT molecular complexity index is 445. The second kappa shape index (κ2) is 10.3. The third kappa shape index (κ3) is 6.31. The molecule has 6 heteroatoms. The molecule has 0 radical (unpaired) electrons. The summed E-state index contributed by atoms with van der Waals surface area (Å²) < 4.78 is 6.08. The molecule has 0 aromatic rings. The van der Waals surface area contributed by atoms with Crippen molar-refractivity contribution in [2.75, 3.05) is 45.9 Å². The molecule has 0 bridgehead atoms. The monoisotopic (exact) mass is 399 g/mol. The van der Waals surface area contributed by atoms with E-state index in [9.17, 15) is 5.11 Å². The summed E-state index contributed by atoms with van der Waals surface area (Å²) >= 11 is 4.86. The molecule has 1 N–H and O–H groups in total. The highest BCUT2D eigenvalue weighted by molar-refractivity contribution is 7.80. The van der Waals surface area contributed by atoms with Crippen LogP contribution in [-0.2, 0) is 4.74 Å². The van der Waals surface area contributed by atoms with Crippen molar-refractivity contribution in [2.45, 2.75) is 82.5 Å². The predicted molar refractivity (Wildman–Crippen MR) is 114 cm³/mol. The van der Waals surface area contributed by atoms with E-state index in [1.807, 2.05) is 0 Å². The van der Waals surface area contributed by atoms with Crippen LogP contribution >= 0.6 is 12.6 Å². The SMILES string of the molecule is CC(C)N1CCC(CC(C)N2CCOC(CC(S)N3CCC(O)CC3)C2)C1. The Labute approximate surface area is 171 Å². The van der Waals surface area contributed by atoms with Crippen LogP contribution in [0.25, 0.3) is 0 Å². The second-order valence-electron chi connectivity index (χ2n) is 9.30. The van der Waals surface area contributed by atoms with Crippen LogP contribution in [0.1, 0.15) is 52.9 Å². The Kier molecular flexibility index (Phi) is 8.30. The molecule has 0 amide bonds. The van der Waals surface area contributed by atoms with Crippen molar-refractivity contribution in [2.24, 2.45) is 5.92 Å². The van der Waals surface area contributed by atoms with Gasteiger partial charge in [0.05, 0.1) is 24.2 Å². The van der Waals surface area contributed by atoms with Gasteiger partial charge in [0.1, 0.15) is 0 Å². The van der Waals surface area contributed by atoms with Crippen molar-refractivity contribution in [3.05, 3.63) is 0 Å². The first-order valence-corrected chi connectivity index (χ1v) is 11.6. The lowest BCUT2D eigenvalue weighted by Gasteiger charge is -2.40. The third-order valence-electron chi connectivity index (χ3n) is 6.91. The average molecular weight is 400 g/mol. The number of piperidine rings is 1. The third-order valence-corrected chi connectivity index (χ3v) is 7.45. The fourth-order valence-electron chi connectivity index (χ4n) is 5.01. The Morgan fingerprint density at radius 3 is 2.30 bits per heavy atom. The molecule has 0 aliphatic carbocycles. The van der Waals surface area contributed by atoms with E-state index in [0.29, 0.717) is 12.1 Å². The highest BCUT2D eigenvalue weighted by Gasteiger charge is 2.31. The molecule has 3 aliphatic rings. The number of aliphatic hydroxyl groups excluding tert-OH is 1. The Hall–Kier alpha value is 0.150. The van der Waals surface area contributed by atoms with Gasteiger partial charge in [-0.05, 0) is 65.3 Å². The van der Waals surface area contributed by atoms with Gasteiger partial charge in [0.2, 0.25) is 0 Å². The number of ether oxygens (including phenoxy) is 1. The maximum Gasteiger partial charge on any atom is 0.0725 e. The maximum absolute atomic E-state index is 9.70. The number of morpholine rings is 1. The van der Waals surface area contributed by atoms with Gasteiger partial charge in [-0.3, -0.25) is 9.80 Å². The molecule has 4 atom stereocenters. The molecule has 3 saturated heterocycles. The summed E-state index contributed by atoms with van der Waals surface area (Å²) in [6.07, 6.45) is 5.56. The lowest BCUT2D eigenvalue weighted by Crippen LogP contribution is -2.49. The van der Waals surface area contributed by atoms with Gasteiger partial charge in [0.25, 0.3) is 0 Å². The number of likely N-dealkylation sites (tertiary alicyclic amines) is 2. The molecule has 3 fully saturated rings. The molecule has 0 spiro atoms. The van der Waals surface area contributed by atoms with Crippen molar-refractivity contribution in [3.63, 3.8) is 0 Å². The van der Waals surface area contributed by atoms with E-state index in [1.165, 1.54) is 25.9 Å². The number of nitrogens with zero attached hydrogens (tertiary/aromatic N) is 3. The topological polar surface area (TPSA) is 39.2 Å². The van der Waals surface area contributed by atoms with Crippen LogP contribution in [-0.4, -0.2) is 95.3 Å². The fourth-order valence-corrected chi connectivity index (χ4v) is 5.47. The maximum atomic E-state index is 9.70. The zero-order valence-electron chi connectivity index (χ0n) is 17.6. The normalized spacial score (nSPS) is 32.2. The first kappa shape index (κ1) is 21.8. The number of aliphatic hydroxyl groups is 1. The molecule has 3 heterocycles. The fraction of sp³-hybridized carbons (Fsp3) is 1.00. The molecule has 0 aromatic carbocycles. The summed E-state index contributed by atoms with van der Waals surface area (Å²) in [5, 5.41) is 9.95. The van der Waals surface area contributed by atoms with Crippen LogP contribution in [0.15, 0.2) is 0 Å². The molecule has 0 aromatic heterocycles. The van der Waals surface area contributed by atoms with Crippen molar-refractivity contribution in [1.29, 1.82) is 0 Å². The minimum atomic E-state index is -0.119. The van der Waals surface area contributed by atoms with Gasteiger partial charge in [-0.2, -0.15) is 12.6 Å². The van der Waals surface area contributed by atoms with E-state index < -0.39 is 0 Å². The first-order valence-electron chi connectivity index (χ1n) is 11.1. The molecular weight excluding hydrogens is 358 g/mol.